The summed E-state index contributed by atoms with van der Waals surface area (Å²) in [6, 6.07) is 4.40. The molecular weight excluding hydrogens is 280 g/mol. The topological polar surface area (TPSA) is 110 Å². The molecule has 20 heavy (non-hydrogen) atoms. The molecular formula is C12H16N4O3S. The molecule has 0 radical (unpaired) electrons. The first kappa shape index (κ1) is 14.4. The van der Waals surface area contributed by atoms with Crippen molar-refractivity contribution in [1.29, 1.82) is 0 Å². The van der Waals surface area contributed by atoms with Gasteiger partial charge in [0.25, 0.3) is 0 Å². The molecule has 0 atom stereocenters. The molecule has 2 aromatic rings. The Morgan fingerprint density at radius 1 is 1.45 bits per heavy atom. The summed E-state index contributed by atoms with van der Waals surface area (Å²) in [6.07, 6.45) is 1.58. The first-order valence-electron chi connectivity index (χ1n) is 5.86. The first-order valence-corrected chi connectivity index (χ1v) is 7.34. The highest BCUT2D eigenvalue weighted by Crippen LogP contribution is 2.26. The zero-order valence-electron chi connectivity index (χ0n) is 11.2. The summed E-state index contributed by atoms with van der Waals surface area (Å²) >= 11 is 0. The van der Waals surface area contributed by atoms with E-state index in [4.69, 9.17) is 10.5 Å². The summed E-state index contributed by atoms with van der Waals surface area (Å²) in [4.78, 5) is 0.0512. The zero-order valence-corrected chi connectivity index (χ0v) is 12.0. The molecule has 7 nitrogen and oxygen atoms in total. The third kappa shape index (κ3) is 2.91. The van der Waals surface area contributed by atoms with Gasteiger partial charge in [-0.3, -0.25) is 5.10 Å². The van der Waals surface area contributed by atoms with E-state index in [0.29, 0.717) is 5.69 Å². The van der Waals surface area contributed by atoms with Crippen molar-refractivity contribution in [2.75, 3.05) is 12.8 Å². The average Bonchev–Trinajstić information content (AvgIpc) is 2.81. The maximum Gasteiger partial charge on any atom is 0.244 e. The van der Waals surface area contributed by atoms with Crippen LogP contribution in [0.2, 0.25) is 0 Å². The number of aryl methyl sites for hydroxylation is 1. The lowest BCUT2D eigenvalue weighted by Crippen LogP contribution is -2.24. The van der Waals surface area contributed by atoms with Crippen molar-refractivity contribution >= 4 is 15.7 Å². The molecule has 0 amide bonds. The second-order valence-corrected chi connectivity index (χ2v) is 5.99. The van der Waals surface area contributed by atoms with Crippen LogP contribution in [-0.2, 0) is 16.6 Å². The van der Waals surface area contributed by atoms with Crippen LogP contribution >= 0.6 is 0 Å². The molecule has 1 heterocycles. The molecule has 1 aromatic carbocycles. The number of aromatic amines is 1. The van der Waals surface area contributed by atoms with Gasteiger partial charge in [0, 0.05) is 29.6 Å². The van der Waals surface area contributed by atoms with Gasteiger partial charge in [0.05, 0.1) is 13.3 Å². The molecule has 0 unspecified atom stereocenters. The number of nitrogens with zero attached hydrogens (tertiary/aromatic N) is 1. The number of hydrogen-bond donors (Lipinski definition) is 3. The van der Waals surface area contributed by atoms with E-state index < -0.39 is 10.0 Å². The molecule has 0 aliphatic heterocycles. The highest BCUT2D eigenvalue weighted by molar-refractivity contribution is 7.89. The molecule has 0 aliphatic rings. The molecule has 0 saturated carbocycles. The van der Waals surface area contributed by atoms with Crippen molar-refractivity contribution in [2.45, 2.75) is 18.4 Å². The maximum atomic E-state index is 12.3. The Morgan fingerprint density at radius 3 is 2.80 bits per heavy atom. The fourth-order valence-electron chi connectivity index (χ4n) is 1.71. The summed E-state index contributed by atoms with van der Waals surface area (Å²) in [5, 5.41) is 6.59. The lowest BCUT2D eigenvalue weighted by atomic mass is 10.3. The van der Waals surface area contributed by atoms with Crippen LogP contribution in [0.15, 0.2) is 29.3 Å². The predicted molar refractivity (Wildman–Crippen MR) is 74.8 cm³/mol. The van der Waals surface area contributed by atoms with Crippen LogP contribution in [0.1, 0.15) is 11.3 Å². The van der Waals surface area contributed by atoms with Crippen molar-refractivity contribution in [2.24, 2.45) is 0 Å². The Hall–Kier alpha value is -2.06. The van der Waals surface area contributed by atoms with Gasteiger partial charge >= 0.3 is 0 Å². The minimum atomic E-state index is -3.68. The molecule has 0 aliphatic carbocycles. The molecule has 0 spiro atoms. The first-order chi connectivity index (χ1) is 9.44. The van der Waals surface area contributed by atoms with Crippen molar-refractivity contribution in [1.82, 2.24) is 14.9 Å². The molecule has 0 bridgehead atoms. The van der Waals surface area contributed by atoms with E-state index >= 15 is 0 Å². The van der Waals surface area contributed by atoms with Crippen LogP contribution in [-0.4, -0.2) is 25.7 Å². The van der Waals surface area contributed by atoms with E-state index in [0.717, 1.165) is 11.3 Å². The Morgan fingerprint density at radius 2 is 2.20 bits per heavy atom. The van der Waals surface area contributed by atoms with Gasteiger partial charge in [-0.15, -0.1) is 0 Å². The van der Waals surface area contributed by atoms with Gasteiger partial charge in [0.15, 0.2) is 0 Å². The number of nitrogens with two attached hydrogens (primary N) is 1. The number of ether oxygens (including phenoxy) is 1. The predicted octanol–water partition coefficient (Wildman–Crippen LogP) is 0.787. The van der Waals surface area contributed by atoms with Crippen LogP contribution in [0.25, 0.3) is 0 Å². The van der Waals surface area contributed by atoms with Crippen molar-refractivity contribution in [3.05, 3.63) is 35.7 Å². The third-order valence-electron chi connectivity index (χ3n) is 2.86. The van der Waals surface area contributed by atoms with Crippen LogP contribution in [0, 0.1) is 6.92 Å². The van der Waals surface area contributed by atoms with E-state index in [1.807, 2.05) is 6.92 Å². The second-order valence-electron chi connectivity index (χ2n) is 4.26. The zero-order chi connectivity index (χ0) is 14.8. The van der Waals surface area contributed by atoms with Crippen LogP contribution < -0.4 is 15.2 Å². The van der Waals surface area contributed by atoms with E-state index in [9.17, 15) is 8.42 Å². The number of nitrogens with one attached hydrogen (secondary N) is 2. The SMILES string of the molecule is COc1cc(N)ccc1S(=O)(=O)NCc1cn[nH]c1C. The van der Waals surface area contributed by atoms with Crippen molar-refractivity contribution in [3.8, 4) is 5.75 Å². The van der Waals surface area contributed by atoms with E-state index in [1.165, 1.54) is 25.3 Å². The fraction of sp³-hybridized carbons (Fsp3) is 0.250. The number of hydrogen-bond acceptors (Lipinski definition) is 5. The molecule has 4 N–H and O–H groups in total. The van der Waals surface area contributed by atoms with Gasteiger partial charge in [0.1, 0.15) is 10.6 Å². The molecule has 108 valence electrons. The van der Waals surface area contributed by atoms with Crippen molar-refractivity contribution < 1.29 is 13.2 Å². The number of benzene rings is 1. The number of aromatic nitrogens is 2. The smallest absolute Gasteiger partial charge is 0.244 e. The number of sulfonamides is 1. The Labute approximate surface area is 117 Å². The van der Waals surface area contributed by atoms with E-state index in [1.54, 1.807) is 6.20 Å². The van der Waals surface area contributed by atoms with Gasteiger partial charge in [-0.1, -0.05) is 0 Å². The molecule has 1 aromatic heterocycles. The van der Waals surface area contributed by atoms with Crippen LogP contribution in [0.4, 0.5) is 5.69 Å². The minimum absolute atomic E-state index is 0.0512. The Kier molecular flexibility index (Phi) is 3.96. The highest BCUT2D eigenvalue weighted by atomic mass is 32.2. The van der Waals surface area contributed by atoms with E-state index in [-0.39, 0.29) is 17.2 Å². The monoisotopic (exact) mass is 296 g/mol. The lowest BCUT2D eigenvalue weighted by molar-refractivity contribution is 0.402. The summed E-state index contributed by atoms with van der Waals surface area (Å²) in [6.45, 7) is 1.97. The number of methoxy groups -OCH3 is 1. The van der Waals surface area contributed by atoms with E-state index in [2.05, 4.69) is 14.9 Å². The maximum absolute atomic E-state index is 12.3. The second kappa shape index (κ2) is 5.51. The molecule has 8 heteroatoms. The molecule has 2 rings (SSSR count). The largest absolute Gasteiger partial charge is 0.495 e. The van der Waals surface area contributed by atoms with Crippen LogP contribution in [0.5, 0.6) is 5.75 Å². The lowest BCUT2D eigenvalue weighted by Gasteiger charge is -2.11. The van der Waals surface area contributed by atoms with Gasteiger partial charge in [-0.25, -0.2) is 13.1 Å². The van der Waals surface area contributed by atoms with Gasteiger partial charge < -0.3 is 10.5 Å². The fourth-order valence-corrected chi connectivity index (χ4v) is 2.87. The summed E-state index contributed by atoms with van der Waals surface area (Å²) in [5.74, 6) is 0.210. The highest BCUT2D eigenvalue weighted by Gasteiger charge is 2.19. The average molecular weight is 296 g/mol. The van der Waals surface area contributed by atoms with Gasteiger partial charge in [0.2, 0.25) is 10.0 Å². The number of anilines is 1. The summed E-state index contributed by atoms with van der Waals surface area (Å²) in [7, 11) is -2.29. The normalized spacial score (nSPS) is 11.5. The third-order valence-corrected chi connectivity index (χ3v) is 4.30. The Balaban J connectivity index is 2.25. The summed E-state index contributed by atoms with van der Waals surface area (Å²) in [5.41, 5.74) is 7.64. The van der Waals surface area contributed by atoms with Crippen LogP contribution in [0.3, 0.4) is 0 Å². The number of H-pyrrole nitrogens is 1. The quantitative estimate of drug-likeness (QED) is 0.706. The number of nitrogen functional groups attached to an aromatic ring is 1. The van der Waals surface area contributed by atoms with Crippen molar-refractivity contribution in [3.63, 3.8) is 0 Å². The summed E-state index contributed by atoms with van der Waals surface area (Å²) < 4.78 is 32.1. The van der Waals surface area contributed by atoms with Gasteiger partial charge in [-0.2, -0.15) is 5.10 Å². The number of rotatable bonds is 5. The van der Waals surface area contributed by atoms with Gasteiger partial charge in [-0.05, 0) is 19.1 Å². The standard InChI is InChI=1S/C12H16N4O3S/c1-8-9(6-14-16-8)7-15-20(17,18)12-4-3-10(13)5-11(12)19-2/h3-6,15H,7,13H2,1-2H3,(H,14,16). The molecule has 0 fully saturated rings. The minimum Gasteiger partial charge on any atom is -0.495 e. The Bertz CT molecular complexity index is 709. The molecule has 0 saturated heterocycles.